The number of nitrogens with two attached hydrogens (primary N) is 1. The van der Waals surface area contributed by atoms with Gasteiger partial charge >= 0.3 is 0 Å². The minimum Gasteiger partial charge on any atom is -0.329 e. The Balaban J connectivity index is 2.19. The third-order valence-corrected chi connectivity index (χ3v) is 7.28. The van der Waals surface area contributed by atoms with Crippen LogP contribution in [0.1, 0.15) is 30.7 Å². The first-order valence-electron chi connectivity index (χ1n) is 7.14. The third kappa shape index (κ3) is 3.28. The summed E-state index contributed by atoms with van der Waals surface area (Å²) in [4.78, 5) is 0.298. The van der Waals surface area contributed by atoms with E-state index in [1.165, 1.54) is 6.42 Å². The molecule has 0 unspecified atom stereocenters. The standard InChI is InChI=1S/C13H24N4O2S2/c1-10-12(11(2)17(16-10)8-7-14)21(18,19)15-9-13(20-3)5-4-6-13/h15H,4-9,14H2,1-3H3. The van der Waals surface area contributed by atoms with Crippen molar-refractivity contribution in [1.82, 2.24) is 14.5 Å². The van der Waals surface area contributed by atoms with Crippen LogP contribution in [-0.4, -0.2) is 42.3 Å². The van der Waals surface area contributed by atoms with E-state index >= 15 is 0 Å². The molecule has 0 aromatic carbocycles. The molecule has 0 atom stereocenters. The first-order chi connectivity index (χ1) is 9.85. The van der Waals surface area contributed by atoms with Gasteiger partial charge in [0.15, 0.2) is 0 Å². The highest BCUT2D eigenvalue weighted by molar-refractivity contribution is 8.00. The minimum atomic E-state index is -3.53. The van der Waals surface area contributed by atoms with Crippen LogP contribution < -0.4 is 10.5 Å². The summed E-state index contributed by atoms with van der Waals surface area (Å²) < 4.78 is 29.7. The van der Waals surface area contributed by atoms with Crippen LogP contribution in [0.25, 0.3) is 0 Å². The van der Waals surface area contributed by atoms with Crippen molar-refractivity contribution < 1.29 is 8.42 Å². The molecule has 21 heavy (non-hydrogen) atoms. The second-order valence-corrected chi connectivity index (χ2v) is 8.56. The normalized spacial score (nSPS) is 17.7. The molecule has 8 heteroatoms. The Morgan fingerprint density at radius 2 is 2.10 bits per heavy atom. The summed E-state index contributed by atoms with van der Waals surface area (Å²) in [5, 5.41) is 4.28. The lowest BCUT2D eigenvalue weighted by Gasteiger charge is -2.40. The van der Waals surface area contributed by atoms with Gasteiger partial charge in [-0.1, -0.05) is 6.42 Å². The predicted octanol–water partition coefficient (Wildman–Crippen LogP) is 1.02. The lowest BCUT2D eigenvalue weighted by atomic mass is 9.84. The largest absolute Gasteiger partial charge is 0.329 e. The van der Waals surface area contributed by atoms with E-state index < -0.39 is 10.0 Å². The SMILES string of the molecule is CSC1(CNS(=O)(=O)c2c(C)nn(CCN)c2C)CCC1. The van der Waals surface area contributed by atoms with Gasteiger partial charge in [0.05, 0.1) is 17.9 Å². The van der Waals surface area contributed by atoms with E-state index in [0.29, 0.717) is 35.9 Å². The number of rotatable bonds is 7. The molecular weight excluding hydrogens is 308 g/mol. The smallest absolute Gasteiger partial charge is 0.244 e. The van der Waals surface area contributed by atoms with Crippen LogP contribution in [0.2, 0.25) is 0 Å². The summed E-state index contributed by atoms with van der Waals surface area (Å²) in [6, 6.07) is 0. The first kappa shape index (κ1) is 16.8. The van der Waals surface area contributed by atoms with Crippen molar-refractivity contribution in [3.8, 4) is 0 Å². The van der Waals surface area contributed by atoms with Gasteiger partial charge in [-0.15, -0.1) is 0 Å². The van der Waals surface area contributed by atoms with Gasteiger partial charge in [0, 0.05) is 17.8 Å². The Morgan fingerprint density at radius 1 is 1.43 bits per heavy atom. The van der Waals surface area contributed by atoms with E-state index in [2.05, 4.69) is 9.82 Å². The molecule has 120 valence electrons. The van der Waals surface area contributed by atoms with Crippen LogP contribution in [0.4, 0.5) is 0 Å². The maximum absolute atomic E-state index is 12.6. The summed E-state index contributed by atoms with van der Waals surface area (Å²) in [5.41, 5.74) is 6.71. The lowest BCUT2D eigenvalue weighted by Crippen LogP contribution is -2.45. The highest BCUT2D eigenvalue weighted by atomic mass is 32.2. The Hall–Kier alpha value is -0.570. The number of hydrogen-bond acceptors (Lipinski definition) is 5. The summed E-state index contributed by atoms with van der Waals surface area (Å²) in [5.74, 6) is 0. The molecule has 6 nitrogen and oxygen atoms in total. The van der Waals surface area contributed by atoms with Crippen LogP contribution in [0.5, 0.6) is 0 Å². The fourth-order valence-electron chi connectivity index (χ4n) is 2.73. The number of nitrogens with zero attached hydrogens (tertiary/aromatic N) is 2. The second kappa shape index (κ2) is 6.28. The molecule has 1 aromatic heterocycles. The molecule has 0 amide bonds. The molecule has 0 saturated heterocycles. The molecule has 2 rings (SSSR count). The third-order valence-electron chi connectivity index (χ3n) is 4.21. The molecule has 1 aromatic rings. The summed E-state index contributed by atoms with van der Waals surface area (Å²) in [6.45, 7) is 4.94. The number of hydrogen-bond donors (Lipinski definition) is 2. The maximum atomic E-state index is 12.6. The van der Waals surface area contributed by atoms with Crippen molar-refractivity contribution in [3.05, 3.63) is 11.4 Å². The van der Waals surface area contributed by atoms with Gasteiger partial charge in [-0.2, -0.15) is 16.9 Å². The Bertz CT molecular complexity index is 600. The van der Waals surface area contributed by atoms with Crippen LogP contribution >= 0.6 is 11.8 Å². The molecule has 0 aliphatic heterocycles. The minimum absolute atomic E-state index is 0.0716. The van der Waals surface area contributed by atoms with Crippen LogP contribution in [0, 0.1) is 13.8 Å². The molecule has 1 heterocycles. The van der Waals surface area contributed by atoms with Gasteiger partial charge in [0.25, 0.3) is 0 Å². The van der Waals surface area contributed by atoms with Crippen molar-refractivity contribution in [2.24, 2.45) is 5.73 Å². The lowest BCUT2D eigenvalue weighted by molar-refractivity contribution is 0.361. The quantitative estimate of drug-likeness (QED) is 0.778. The van der Waals surface area contributed by atoms with E-state index in [1.54, 1.807) is 30.3 Å². The zero-order chi connectivity index (χ0) is 15.7. The van der Waals surface area contributed by atoms with E-state index in [1.807, 2.05) is 6.26 Å². The van der Waals surface area contributed by atoms with Gasteiger partial charge < -0.3 is 5.73 Å². The molecule has 1 saturated carbocycles. The van der Waals surface area contributed by atoms with Crippen LogP contribution in [0.15, 0.2) is 4.90 Å². The van der Waals surface area contributed by atoms with Gasteiger partial charge in [0.2, 0.25) is 10.0 Å². The van der Waals surface area contributed by atoms with Crippen LogP contribution in [0.3, 0.4) is 0 Å². The molecule has 0 spiro atoms. The fourth-order valence-corrected chi connectivity index (χ4v) is 5.27. The highest BCUT2D eigenvalue weighted by Crippen LogP contribution is 2.42. The Labute approximate surface area is 130 Å². The van der Waals surface area contributed by atoms with E-state index in [0.717, 1.165) is 12.8 Å². The highest BCUT2D eigenvalue weighted by Gasteiger charge is 2.37. The zero-order valence-corrected chi connectivity index (χ0v) is 14.5. The van der Waals surface area contributed by atoms with Crippen molar-refractivity contribution in [1.29, 1.82) is 0 Å². The topological polar surface area (TPSA) is 90.0 Å². The van der Waals surface area contributed by atoms with E-state index in [9.17, 15) is 8.42 Å². The Kier molecular flexibility index (Phi) is 5.02. The number of sulfonamides is 1. The number of aryl methyl sites for hydroxylation is 1. The van der Waals surface area contributed by atoms with Gasteiger partial charge in [-0.05, 0) is 32.9 Å². The maximum Gasteiger partial charge on any atom is 0.244 e. The molecule has 0 radical (unpaired) electrons. The second-order valence-electron chi connectivity index (χ2n) is 5.58. The van der Waals surface area contributed by atoms with Crippen molar-refractivity contribution in [2.75, 3.05) is 19.3 Å². The number of nitrogens with one attached hydrogen (secondary N) is 1. The molecule has 1 fully saturated rings. The number of thioether (sulfide) groups is 1. The van der Waals surface area contributed by atoms with Crippen molar-refractivity contribution in [3.63, 3.8) is 0 Å². The monoisotopic (exact) mass is 332 g/mol. The van der Waals surface area contributed by atoms with E-state index in [4.69, 9.17) is 5.73 Å². The molecule has 1 aliphatic carbocycles. The van der Waals surface area contributed by atoms with Crippen molar-refractivity contribution >= 4 is 21.8 Å². The molecular formula is C13H24N4O2S2. The fraction of sp³-hybridized carbons (Fsp3) is 0.769. The van der Waals surface area contributed by atoms with Gasteiger partial charge in [0.1, 0.15) is 4.90 Å². The first-order valence-corrected chi connectivity index (χ1v) is 9.85. The van der Waals surface area contributed by atoms with Crippen LogP contribution in [-0.2, 0) is 16.6 Å². The average Bonchev–Trinajstić information content (AvgIpc) is 2.64. The molecule has 3 N–H and O–H groups in total. The summed E-state index contributed by atoms with van der Waals surface area (Å²) >= 11 is 1.75. The van der Waals surface area contributed by atoms with Gasteiger partial charge in [-0.25, -0.2) is 13.1 Å². The zero-order valence-electron chi connectivity index (χ0n) is 12.8. The molecule has 1 aliphatic rings. The number of aromatic nitrogens is 2. The molecule has 0 bridgehead atoms. The summed E-state index contributed by atoms with van der Waals surface area (Å²) in [7, 11) is -3.53. The average molecular weight is 332 g/mol. The summed E-state index contributed by atoms with van der Waals surface area (Å²) in [6.07, 6.45) is 5.36. The predicted molar refractivity (Wildman–Crippen MR) is 86.0 cm³/mol. The van der Waals surface area contributed by atoms with E-state index in [-0.39, 0.29) is 4.75 Å². The van der Waals surface area contributed by atoms with Gasteiger partial charge in [-0.3, -0.25) is 4.68 Å². The Morgan fingerprint density at radius 3 is 2.57 bits per heavy atom. The van der Waals surface area contributed by atoms with Crippen molar-refractivity contribution in [2.45, 2.75) is 49.3 Å².